The van der Waals surface area contributed by atoms with Crippen LogP contribution in [0.2, 0.25) is 0 Å². The van der Waals surface area contributed by atoms with Crippen molar-refractivity contribution in [1.82, 2.24) is 10.3 Å². The number of carboxylic acids is 1. The highest BCUT2D eigenvalue weighted by Crippen LogP contribution is 2.24. The third-order valence-electron chi connectivity index (χ3n) is 3.48. The van der Waals surface area contributed by atoms with Crippen LogP contribution in [0.15, 0.2) is 29.6 Å². The fourth-order valence-corrected chi connectivity index (χ4v) is 2.90. The molecule has 3 N–H and O–H groups in total. The molecule has 1 aromatic heterocycles. The van der Waals surface area contributed by atoms with Gasteiger partial charge in [0, 0.05) is 10.9 Å². The Morgan fingerprint density at radius 1 is 1.29 bits per heavy atom. The number of carboxylic acid groups (broad SMARTS) is 1. The summed E-state index contributed by atoms with van der Waals surface area (Å²) < 4.78 is 0. The molecule has 0 aliphatic carbocycles. The molecule has 6 nitrogen and oxygen atoms in total. The summed E-state index contributed by atoms with van der Waals surface area (Å²) in [6.45, 7) is 3.86. The van der Waals surface area contributed by atoms with E-state index in [0.29, 0.717) is 11.6 Å². The summed E-state index contributed by atoms with van der Waals surface area (Å²) in [5.41, 5.74) is 2.97. The number of aromatic nitrogens is 1. The molecule has 1 amide bonds. The third kappa shape index (κ3) is 5.14. The molecule has 0 saturated carbocycles. The van der Waals surface area contributed by atoms with Crippen molar-refractivity contribution in [2.24, 2.45) is 0 Å². The second-order valence-corrected chi connectivity index (χ2v) is 6.37. The molecule has 0 spiro atoms. The monoisotopic (exact) mass is 347 g/mol. The molecule has 1 aromatic carbocycles. The lowest BCUT2D eigenvalue weighted by atomic mass is 10.1. The minimum Gasteiger partial charge on any atom is -0.480 e. The summed E-state index contributed by atoms with van der Waals surface area (Å²) in [6.07, 6.45) is 1.22. The van der Waals surface area contributed by atoms with Crippen molar-refractivity contribution in [3.63, 3.8) is 0 Å². The summed E-state index contributed by atoms with van der Waals surface area (Å²) in [5, 5.41) is 16.9. The van der Waals surface area contributed by atoms with Gasteiger partial charge in [0.1, 0.15) is 6.04 Å². The molecule has 0 aliphatic heterocycles. The Kier molecular flexibility index (Phi) is 6.45. The number of nitrogens with zero attached hydrogens (tertiary/aromatic N) is 1. The van der Waals surface area contributed by atoms with Crippen molar-refractivity contribution in [3.8, 4) is 11.3 Å². The quantitative estimate of drug-likeness (QED) is 0.683. The lowest BCUT2D eigenvalue weighted by Crippen LogP contribution is -2.41. The Hall–Kier alpha value is -2.25. The first-order valence-electron chi connectivity index (χ1n) is 7.78. The molecule has 7 heteroatoms. The molecular weight excluding hydrogens is 326 g/mol. The summed E-state index contributed by atoms with van der Waals surface area (Å²) >= 11 is 1.34. The first kappa shape index (κ1) is 18.1. The largest absolute Gasteiger partial charge is 0.480 e. The van der Waals surface area contributed by atoms with Crippen LogP contribution in [0.25, 0.3) is 11.3 Å². The van der Waals surface area contributed by atoms with E-state index in [9.17, 15) is 9.59 Å². The average Bonchev–Trinajstić information content (AvgIpc) is 3.00. The highest BCUT2D eigenvalue weighted by Gasteiger charge is 2.17. The van der Waals surface area contributed by atoms with Gasteiger partial charge in [-0.25, -0.2) is 4.98 Å². The molecule has 2 rings (SSSR count). The number of hydrogen-bond donors (Lipinski definition) is 3. The van der Waals surface area contributed by atoms with Gasteiger partial charge in [0.15, 0.2) is 5.13 Å². The van der Waals surface area contributed by atoms with Crippen LogP contribution in [0.1, 0.15) is 25.3 Å². The van der Waals surface area contributed by atoms with E-state index < -0.39 is 12.0 Å². The smallest absolute Gasteiger partial charge is 0.320 e. The number of hydrogen-bond acceptors (Lipinski definition) is 5. The zero-order valence-electron chi connectivity index (χ0n) is 13.7. The minimum atomic E-state index is -0.944. The van der Waals surface area contributed by atoms with Gasteiger partial charge in [-0.1, -0.05) is 43.2 Å². The molecule has 0 aliphatic rings. The topological polar surface area (TPSA) is 91.3 Å². The Morgan fingerprint density at radius 3 is 2.62 bits per heavy atom. The lowest BCUT2D eigenvalue weighted by molar-refractivity contribution is -0.139. The molecule has 1 heterocycles. The second-order valence-electron chi connectivity index (χ2n) is 5.51. The molecule has 0 saturated heterocycles. The number of amides is 1. The number of benzene rings is 1. The molecule has 0 radical (unpaired) electrons. The maximum atomic E-state index is 11.9. The maximum absolute atomic E-state index is 11.9. The molecule has 1 unspecified atom stereocenters. The van der Waals surface area contributed by atoms with Gasteiger partial charge in [-0.05, 0) is 13.3 Å². The first-order chi connectivity index (χ1) is 11.5. The van der Waals surface area contributed by atoms with Crippen molar-refractivity contribution >= 4 is 28.3 Å². The number of nitrogens with one attached hydrogen (secondary N) is 2. The molecular formula is C17H21N3O3S. The molecule has 24 heavy (non-hydrogen) atoms. The highest BCUT2D eigenvalue weighted by molar-refractivity contribution is 7.14. The minimum absolute atomic E-state index is 0.0591. The standard InChI is InChI=1S/C17H21N3O3S/c1-3-4-13(16(22)23)18-9-15(21)20-17-19-14(10-24-17)12-7-5-11(2)6-8-12/h5-8,10,13,18H,3-4,9H2,1-2H3,(H,22,23)(H,19,20,21). The number of thiazole rings is 1. The van der Waals surface area contributed by atoms with Crippen LogP contribution < -0.4 is 10.6 Å². The van der Waals surface area contributed by atoms with E-state index in [0.717, 1.165) is 17.7 Å². The maximum Gasteiger partial charge on any atom is 0.320 e. The van der Waals surface area contributed by atoms with Crippen LogP contribution in [0.3, 0.4) is 0 Å². The lowest BCUT2D eigenvalue weighted by Gasteiger charge is -2.12. The predicted molar refractivity (Wildman–Crippen MR) is 95.3 cm³/mol. The van der Waals surface area contributed by atoms with E-state index in [1.807, 2.05) is 43.5 Å². The molecule has 1 atom stereocenters. The summed E-state index contributed by atoms with van der Waals surface area (Å²) in [7, 11) is 0. The van der Waals surface area contributed by atoms with E-state index in [2.05, 4.69) is 15.6 Å². The predicted octanol–water partition coefficient (Wildman–Crippen LogP) is 2.90. The second kappa shape index (κ2) is 8.56. The fourth-order valence-electron chi connectivity index (χ4n) is 2.17. The number of aliphatic carboxylic acids is 1. The van der Waals surface area contributed by atoms with Gasteiger partial charge in [0.05, 0.1) is 12.2 Å². The zero-order valence-corrected chi connectivity index (χ0v) is 14.5. The number of carbonyl (C=O) groups excluding carboxylic acids is 1. The van der Waals surface area contributed by atoms with Gasteiger partial charge in [-0.15, -0.1) is 11.3 Å². The van der Waals surface area contributed by atoms with Gasteiger partial charge in [0.25, 0.3) is 0 Å². The van der Waals surface area contributed by atoms with E-state index in [1.54, 1.807) is 0 Å². The van der Waals surface area contributed by atoms with E-state index in [1.165, 1.54) is 16.9 Å². The van der Waals surface area contributed by atoms with Crippen LogP contribution in [0, 0.1) is 6.92 Å². The van der Waals surface area contributed by atoms with Crippen LogP contribution in [0.4, 0.5) is 5.13 Å². The van der Waals surface area contributed by atoms with Gasteiger partial charge >= 0.3 is 5.97 Å². The Labute approximate surface area is 144 Å². The van der Waals surface area contributed by atoms with Gasteiger partial charge < -0.3 is 10.4 Å². The van der Waals surface area contributed by atoms with Crippen molar-refractivity contribution in [1.29, 1.82) is 0 Å². The number of rotatable bonds is 8. The molecule has 2 aromatic rings. The summed E-state index contributed by atoms with van der Waals surface area (Å²) in [5.74, 6) is -1.25. The molecule has 0 bridgehead atoms. The van der Waals surface area contributed by atoms with Crippen molar-refractivity contribution < 1.29 is 14.7 Å². The number of aryl methyl sites for hydroxylation is 1. The van der Waals surface area contributed by atoms with Gasteiger partial charge in [0.2, 0.25) is 5.91 Å². The normalized spacial score (nSPS) is 11.9. The van der Waals surface area contributed by atoms with E-state index >= 15 is 0 Å². The van der Waals surface area contributed by atoms with Crippen LogP contribution in [0.5, 0.6) is 0 Å². The van der Waals surface area contributed by atoms with E-state index in [-0.39, 0.29) is 12.5 Å². The summed E-state index contributed by atoms with van der Waals surface area (Å²) in [4.78, 5) is 27.4. The fraction of sp³-hybridized carbons (Fsp3) is 0.353. The number of carbonyl (C=O) groups is 2. The van der Waals surface area contributed by atoms with Gasteiger partial charge in [-0.3, -0.25) is 14.9 Å². The van der Waals surface area contributed by atoms with Crippen LogP contribution in [-0.4, -0.2) is 34.6 Å². The van der Waals surface area contributed by atoms with Crippen molar-refractivity contribution in [2.75, 3.05) is 11.9 Å². The third-order valence-corrected chi connectivity index (χ3v) is 4.24. The highest BCUT2D eigenvalue weighted by atomic mass is 32.1. The van der Waals surface area contributed by atoms with Crippen molar-refractivity contribution in [3.05, 3.63) is 35.2 Å². The molecule has 128 valence electrons. The Balaban J connectivity index is 1.90. The van der Waals surface area contributed by atoms with Gasteiger partial charge in [-0.2, -0.15) is 0 Å². The zero-order chi connectivity index (χ0) is 17.5. The SMILES string of the molecule is CCCC(NCC(=O)Nc1nc(-c2ccc(C)cc2)cs1)C(=O)O. The van der Waals surface area contributed by atoms with Crippen LogP contribution in [-0.2, 0) is 9.59 Å². The number of anilines is 1. The van der Waals surface area contributed by atoms with Crippen LogP contribution >= 0.6 is 11.3 Å². The molecule has 0 fully saturated rings. The Bertz CT molecular complexity index is 697. The van der Waals surface area contributed by atoms with E-state index in [4.69, 9.17) is 5.11 Å². The average molecular weight is 347 g/mol. The van der Waals surface area contributed by atoms with Crippen molar-refractivity contribution in [2.45, 2.75) is 32.7 Å². The first-order valence-corrected chi connectivity index (χ1v) is 8.66. The summed E-state index contributed by atoms with van der Waals surface area (Å²) in [6, 6.07) is 7.28. The Morgan fingerprint density at radius 2 is 2.00 bits per heavy atom.